The molecule has 0 unspecified atom stereocenters. The molecule has 0 aliphatic heterocycles. The van der Waals surface area contributed by atoms with E-state index in [9.17, 15) is 18.0 Å². The lowest BCUT2D eigenvalue weighted by Gasteiger charge is -2.10. The zero-order chi connectivity index (χ0) is 15.4. The lowest BCUT2D eigenvalue weighted by Crippen LogP contribution is -2.23. The molecule has 0 saturated heterocycles. The fourth-order valence-corrected chi connectivity index (χ4v) is 1.79. The van der Waals surface area contributed by atoms with E-state index in [0.29, 0.717) is 0 Å². The van der Waals surface area contributed by atoms with Crippen molar-refractivity contribution < 1.29 is 18.0 Å². The van der Waals surface area contributed by atoms with Crippen LogP contribution in [0.5, 0.6) is 0 Å². The second-order valence-corrected chi connectivity index (χ2v) is 4.51. The highest BCUT2D eigenvalue weighted by Crippen LogP contribution is 2.22. The number of halogens is 4. The van der Waals surface area contributed by atoms with Gasteiger partial charge < -0.3 is 10.6 Å². The number of carbonyl (C=O) groups is 1. The molecule has 0 aliphatic carbocycles. The first-order chi connectivity index (χ1) is 9.99. The summed E-state index contributed by atoms with van der Waals surface area (Å²) in [5.74, 6) is -3.21. The second-order valence-electron chi connectivity index (χ2n) is 4.10. The monoisotopic (exact) mass is 314 g/mol. The van der Waals surface area contributed by atoms with Crippen LogP contribution in [0.1, 0.15) is 0 Å². The van der Waals surface area contributed by atoms with Crippen molar-refractivity contribution in [1.29, 1.82) is 0 Å². The molecule has 1 amide bonds. The van der Waals surface area contributed by atoms with Crippen LogP contribution in [0.4, 0.5) is 24.5 Å². The zero-order valence-electron chi connectivity index (χ0n) is 10.6. The molecule has 7 heteroatoms. The average molecular weight is 315 g/mol. The Morgan fingerprint density at radius 1 is 1.05 bits per heavy atom. The predicted octanol–water partition coefficient (Wildman–Crippen LogP) is 3.81. The highest BCUT2D eigenvalue weighted by molar-refractivity contribution is 6.31. The van der Waals surface area contributed by atoms with Gasteiger partial charge in [-0.15, -0.1) is 0 Å². The largest absolute Gasteiger partial charge is 0.374 e. The van der Waals surface area contributed by atoms with Crippen LogP contribution in [0, 0.1) is 17.5 Å². The minimum atomic E-state index is -0.891. The van der Waals surface area contributed by atoms with Gasteiger partial charge in [-0.25, -0.2) is 13.2 Å². The number of amides is 1. The van der Waals surface area contributed by atoms with Crippen molar-refractivity contribution >= 4 is 28.9 Å². The smallest absolute Gasteiger partial charge is 0.243 e. The molecule has 0 heterocycles. The molecule has 0 atom stereocenters. The molecule has 2 aromatic carbocycles. The maximum atomic E-state index is 13.6. The van der Waals surface area contributed by atoms with Gasteiger partial charge in [0.1, 0.15) is 17.3 Å². The zero-order valence-corrected chi connectivity index (χ0v) is 11.3. The summed E-state index contributed by atoms with van der Waals surface area (Å²) >= 11 is 5.59. The summed E-state index contributed by atoms with van der Waals surface area (Å²) < 4.78 is 40.2. The summed E-state index contributed by atoms with van der Waals surface area (Å²) in [7, 11) is 0. The Bertz CT molecular complexity index is 659. The molecule has 2 aromatic rings. The van der Waals surface area contributed by atoms with Crippen molar-refractivity contribution in [2.24, 2.45) is 0 Å². The summed E-state index contributed by atoms with van der Waals surface area (Å²) in [6.07, 6.45) is 0. The van der Waals surface area contributed by atoms with Crippen LogP contribution in [0.3, 0.4) is 0 Å². The van der Waals surface area contributed by atoms with Crippen LogP contribution in [0.15, 0.2) is 36.4 Å². The number of benzene rings is 2. The van der Waals surface area contributed by atoms with Crippen molar-refractivity contribution in [3.63, 3.8) is 0 Å². The van der Waals surface area contributed by atoms with Crippen LogP contribution in [-0.2, 0) is 4.79 Å². The first kappa shape index (κ1) is 15.2. The Morgan fingerprint density at radius 2 is 1.67 bits per heavy atom. The van der Waals surface area contributed by atoms with Gasteiger partial charge in [0, 0.05) is 0 Å². The summed E-state index contributed by atoms with van der Waals surface area (Å²) in [5.41, 5.74) is -0.525. The van der Waals surface area contributed by atoms with Crippen molar-refractivity contribution in [3.05, 3.63) is 58.9 Å². The molecule has 0 saturated carbocycles. The van der Waals surface area contributed by atoms with Gasteiger partial charge in [0.2, 0.25) is 5.91 Å². The van der Waals surface area contributed by atoms with Crippen molar-refractivity contribution in [2.45, 2.75) is 0 Å². The normalized spacial score (nSPS) is 10.3. The third kappa shape index (κ3) is 3.66. The molecular weight excluding hydrogens is 305 g/mol. The summed E-state index contributed by atoms with van der Waals surface area (Å²) in [6.45, 7) is -0.370. The minimum Gasteiger partial charge on any atom is -0.374 e. The van der Waals surface area contributed by atoms with Gasteiger partial charge in [0.05, 0.1) is 17.3 Å². The van der Waals surface area contributed by atoms with Gasteiger partial charge in [0.15, 0.2) is 5.82 Å². The molecule has 21 heavy (non-hydrogen) atoms. The van der Waals surface area contributed by atoms with Gasteiger partial charge >= 0.3 is 0 Å². The molecule has 3 nitrogen and oxygen atoms in total. The highest BCUT2D eigenvalue weighted by atomic mass is 35.5. The van der Waals surface area contributed by atoms with Crippen LogP contribution < -0.4 is 10.6 Å². The Hall–Kier alpha value is -2.21. The molecule has 2 rings (SSSR count). The van der Waals surface area contributed by atoms with Gasteiger partial charge in [-0.3, -0.25) is 4.79 Å². The van der Waals surface area contributed by atoms with E-state index >= 15 is 0 Å². The summed E-state index contributed by atoms with van der Waals surface area (Å²) in [4.78, 5) is 11.6. The summed E-state index contributed by atoms with van der Waals surface area (Å²) in [6, 6.07) is 7.46. The van der Waals surface area contributed by atoms with E-state index in [2.05, 4.69) is 10.6 Å². The molecule has 0 spiro atoms. The first-order valence-corrected chi connectivity index (χ1v) is 6.28. The van der Waals surface area contributed by atoms with Crippen LogP contribution in [0.2, 0.25) is 5.02 Å². The number of hydrogen-bond acceptors (Lipinski definition) is 2. The SMILES string of the molecule is O=C(CNc1cccc(Cl)c1F)Nc1c(F)cccc1F. The lowest BCUT2D eigenvalue weighted by atomic mass is 10.3. The molecule has 0 aromatic heterocycles. The number of para-hydroxylation sites is 1. The second kappa shape index (κ2) is 6.49. The Kier molecular flexibility index (Phi) is 4.70. The maximum absolute atomic E-state index is 13.6. The number of anilines is 2. The van der Waals surface area contributed by atoms with E-state index in [-0.39, 0.29) is 17.3 Å². The van der Waals surface area contributed by atoms with Gasteiger partial charge in [-0.05, 0) is 24.3 Å². The molecular formula is C14H10ClF3N2O. The highest BCUT2D eigenvalue weighted by Gasteiger charge is 2.12. The maximum Gasteiger partial charge on any atom is 0.243 e. The standard InChI is InChI=1S/C14H10ClF3N2O/c15-8-3-1-6-11(13(8)18)19-7-12(21)20-14-9(16)4-2-5-10(14)17/h1-6,19H,7H2,(H,20,21). The van der Waals surface area contributed by atoms with Crippen LogP contribution in [0.25, 0.3) is 0 Å². The van der Waals surface area contributed by atoms with E-state index in [1.54, 1.807) is 0 Å². The molecule has 0 radical (unpaired) electrons. The van der Waals surface area contributed by atoms with Crippen LogP contribution >= 0.6 is 11.6 Å². The molecule has 0 bridgehead atoms. The van der Waals surface area contributed by atoms with Crippen molar-refractivity contribution in [3.8, 4) is 0 Å². The van der Waals surface area contributed by atoms with Gasteiger partial charge in [0.25, 0.3) is 0 Å². The fraction of sp³-hybridized carbons (Fsp3) is 0.0714. The van der Waals surface area contributed by atoms with E-state index in [1.807, 2.05) is 0 Å². The molecule has 110 valence electrons. The molecule has 0 aliphatic rings. The fourth-order valence-electron chi connectivity index (χ4n) is 1.62. The number of carbonyl (C=O) groups excluding carboxylic acids is 1. The number of rotatable bonds is 4. The van der Waals surface area contributed by atoms with Crippen LogP contribution in [-0.4, -0.2) is 12.5 Å². The van der Waals surface area contributed by atoms with Crippen molar-refractivity contribution in [2.75, 3.05) is 17.2 Å². The topological polar surface area (TPSA) is 41.1 Å². The third-order valence-electron chi connectivity index (χ3n) is 2.62. The van der Waals surface area contributed by atoms with Gasteiger partial charge in [-0.2, -0.15) is 0 Å². The third-order valence-corrected chi connectivity index (χ3v) is 2.91. The van der Waals surface area contributed by atoms with E-state index in [0.717, 1.165) is 12.1 Å². The van der Waals surface area contributed by atoms with E-state index < -0.39 is 29.0 Å². The number of hydrogen-bond donors (Lipinski definition) is 2. The predicted molar refractivity (Wildman–Crippen MR) is 74.9 cm³/mol. The quantitative estimate of drug-likeness (QED) is 0.901. The van der Waals surface area contributed by atoms with E-state index in [1.165, 1.54) is 24.3 Å². The summed E-state index contributed by atoms with van der Waals surface area (Å²) in [5, 5.41) is 4.48. The Labute approximate surface area is 123 Å². The van der Waals surface area contributed by atoms with Crippen molar-refractivity contribution in [1.82, 2.24) is 0 Å². The number of nitrogens with one attached hydrogen (secondary N) is 2. The minimum absolute atomic E-state index is 0.0201. The molecule has 0 fully saturated rings. The Morgan fingerprint density at radius 3 is 2.33 bits per heavy atom. The first-order valence-electron chi connectivity index (χ1n) is 5.91. The lowest BCUT2D eigenvalue weighted by molar-refractivity contribution is -0.114. The Balaban J connectivity index is 2.01. The van der Waals surface area contributed by atoms with E-state index in [4.69, 9.17) is 11.6 Å². The van der Waals surface area contributed by atoms with Gasteiger partial charge in [-0.1, -0.05) is 23.7 Å². The average Bonchev–Trinajstić information content (AvgIpc) is 2.45. The molecule has 2 N–H and O–H groups in total.